The van der Waals surface area contributed by atoms with Crippen molar-refractivity contribution in [1.82, 2.24) is 10.6 Å². The van der Waals surface area contributed by atoms with Gasteiger partial charge in [0.2, 0.25) is 11.8 Å². The van der Waals surface area contributed by atoms with Crippen LogP contribution in [-0.4, -0.2) is 57.1 Å². The number of fused-ring (bicyclic) bond motifs is 2. The number of aryl methyl sites for hydroxylation is 1. The van der Waals surface area contributed by atoms with Crippen molar-refractivity contribution in [2.24, 2.45) is 0 Å². The van der Waals surface area contributed by atoms with Crippen LogP contribution in [0.5, 0.6) is 0 Å². The van der Waals surface area contributed by atoms with Crippen LogP contribution in [0.2, 0.25) is 0 Å². The first-order chi connectivity index (χ1) is 19.3. The zero-order chi connectivity index (χ0) is 28.6. The van der Waals surface area contributed by atoms with Crippen LogP contribution in [0, 0.1) is 6.92 Å². The number of anilines is 2. The minimum atomic E-state index is -0.586. The van der Waals surface area contributed by atoms with E-state index in [9.17, 15) is 14.4 Å². The largest absolute Gasteiger partial charge is 0.469 e. The molecule has 0 fully saturated rings. The number of hydrogen-bond acceptors (Lipinski definition) is 6. The summed E-state index contributed by atoms with van der Waals surface area (Å²) in [6.45, 7) is 5.32. The maximum atomic E-state index is 14.3. The van der Waals surface area contributed by atoms with Gasteiger partial charge in [-0.15, -0.1) is 12.4 Å². The van der Waals surface area contributed by atoms with Gasteiger partial charge in [-0.05, 0) is 67.8 Å². The van der Waals surface area contributed by atoms with Gasteiger partial charge < -0.3 is 25.2 Å². The molecule has 220 valence electrons. The number of halogens is 1. The van der Waals surface area contributed by atoms with Crippen LogP contribution in [0.3, 0.4) is 0 Å². The summed E-state index contributed by atoms with van der Waals surface area (Å²) in [7, 11) is 3.25. The van der Waals surface area contributed by atoms with Crippen molar-refractivity contribution < 1.29 is 19.1 Å². The lowest BCUT2D eigenvalue weighted by molar-refractivity contribution is -0.140. The molecule has 0 unspecified atom stereocenters. The zero-order valence-corrected chi connectivity index (χ0v) is 25.1. The molecule has 1 heterocycles. The van der Waals surface area contributed by atoms with Crippen LogP contribution in [-0.2, 0) is 25.7 Å². The molecule has 1 aliphatic rings. The standard InChI is InChI=1S/C32H40N4O4.ClH/c1-22-17-18-24-11-5-6-12-25(24)26(22)20-36-29-14-8-7-13-28(29)35(30(37)15-9-10-16-31(38)40-4)21-27(32(36)39)34-19-23(2)33-3;/h5-8,11-14,17-18,23,27,33-34H,9-10,15-16,19-21H2,1-4H3;1H/t23-,27-;/m0./s1. The molecule has 0 aromatic heterocycles. The topological polar surface area (TPSA) is 91.0 Å². The normalized spacial score (nSPS) is 15.6. The number of unbranched alkanes of at least 4 members (excludes halogenated alkanes) is 1. The molecule has 4 rings (SSSR count). The number of carbonyl (C=O) groups excluding carboxylic acids is 3. The summed E-state index contributed by atoms with van der Waals surface area (Å²) in [6.07, 6.45) is 1.69. The Balaban J connectivity index is 0.00000462. The number of esters is 1. The van der Waals surface area contributed by atoms with E-state index in [0.717, 1.165) is 27.6 Å². The summed E-state index contributed by atoms with van der Waals surface area (Å²) >= 11 is 0. The highest BCUT2D eigenvalue weighted by atomic mass is 35.5. The lowest BCUT2D eigenvalue weighted by Crippen LogP contribution is -2.53. The smallest absolute Gasteiger partial charge is 0.305 e. The summed E-state index contributed by atoms with van der Waals surface area (Å²) in [6, 6.07) is 19.6. The number of hydrogen-bond donors (Lipinski definition) is 2. The number of para-hydroxylation sites is 2. The Morgan fingerprint density at radius 2 is 1.68 bits per heavy atom. The molecule has 0 aliphatic carbocycles. The van der Waals surface area contributed by atoms with E-state index in [1.54, 1.807) is 4.90 Å². The highest BCUT2D eigenvalue weighted by Crippen LogP contribution is 2.36. The maximum absolute atomic E-state index is 14.3. The van der Waals surface area contributed by atoms with Gasteiger partial charge in [-0.2, -0.15) is 0 Å². The van der Waals surface area contributed by atoms with Crippen molar-refractivity contribution in [2.75, 3.05) is 37.0 Å². The Labute approximate surface area is 248 Å². The quantitative estimate of drug-likeness (QED) is 0.251. The molecule has 3 aromatic carbocycles. The Morgan fingerprint density at radius 1 is 1.00 bits per heavy atom. The Kier molecular flexibility index (Phi) is 11.7. The molecular formula is C32H41ClN4O4. The highest BCUT2D eigenvalue weighted by Gasteiger charge is 2.36. The van der Waals surface area contributed by atoms with Gasteiger partial charge in [-0.1, -0.05) is 48.5 Å². The van der Waals surface area contributed by atoms with E-state index in [4.69, 9.17) is 4.74 Å². The molecular weight excluding hydrogens is 540 g/mol. The molecule has 0 bridgehead atoms. The lowest BCUT2D eigenvalue weighted by Gasteiger charge is -2.27. The van der Waals surface area contributed by atoms with Crippen LogP contribution in [0.15, 0.2) is 60.7 Å². The zero-order valence-electron chi connectivity index (χ0n) is 24.3. The number of amides is 2. The number of benzene rings is 3. The van der Waals surface area contributed by atoms with Crippen LogP contribution in [0.4, 0.5) is 11.4 Å². The van der Waals surface area contributed by atoms with E-state index < -0.39 is 6.04 Å². The number of likely N-dealkylation sites (N-methyl/N-ethyl adjacent to an activating group) is 1. The molecule has 0 radical (unpaired) electrons. The van der Waals surface area contributed by atoms with E-state index in [0.29, 0.717) is 31.6 Å². The van der Waals surface area contributed by atoms with Crippen LogP contribution in [0.1, 0.15) is 43.7 Å². The van der Waals surface area contributed by atoms with Crippen LogP contribution < -0.4 is 20.4 Å². The van der Waals surface area contributed by atoms with Gasteiger partial charge >= 0.3 is 5.97 Å². The van der Waals surface area contributed by atoms with Gasteiger partial charge in [0.25, 0.3) is 0 Å². The molecule has 2 atom stereocenters. The van der Waals surface area contributed by atoms with Crippen molar-refractivity contribution in [3.63, 3.8) is 0 Å². The first kappa shape index (κ1) is 32.1. The first-order valence-electron chi connectivity index (χ1n) is 14.0. The fourth-order valence-electron chi connectivity index (χ4n) is 5.15. The second-order valence-corrected chi connectivity index (χ2v) is 10.4. The average Bonchev–Trinajstić information content (AvgIpc) is 3.09. The van der Waals surface area contributed by atoms with Crippen molar-refractivity contribution in [1.29, 1.82) is 0 Å². The van der Waals surface area contributed by atoms with Gasteiger partial charge in [-0.25, -0.2) is 0 Å². The van der Waals surface area contributed by atoms with Gasteiger partial charge in [0.1, 0.15) is 6.04 Å². The monoisotopic (exact) mass is 580 g/mol. The Morgan fingerprint density at radius 3 is 2.41 bits per heavy atom. The van der Waals surface area contributed by atoms with Gasteiger partial charge in [0.15, 0.2) is 0 Å². The van der Waals surface area contributed by atoms with Crippen molar-refractivity contribution >= 4 is 52.3 Å². The fourth-order valence-corrected chi connectivity index (χ4v) is 5.15. The molecule has 0 saturated heterocycles. The summed E-state index contributed by atoms with van der Waals surface area (Å²) in [4.78, 5) is 42.9. The summed E-state index contributed by atoms with van der Waals surface area (Å²) in [5.74, 6) is -0.411. The van der Waals surface area contributed by atoms with Crippen LogP contribution in [0.25, 0.3) is 10.8 Å². The fraction of sp³-hybridized carbons (Fsp3) is 0.406. The number of carbonyl (C=O) groups is 3. The van der Waals surface area contributed by atoms with E-state index in [1.165, 1.54) is 7.11 Å². The van der Waals surface area contributed by atoms with Gasteiger partial charge in [0.05, 0.1) is 31.6 Å². The van der Waals surface area contributed by atoms with Crippen LogP contribution >= 0.6 is 12.4 Å². The van der Waals surface area contributed by atoms with Crippen molar-refractivity contribution in [3.05, 3.63) is 71.8 Å². The minimum absolute atomic E-state index is 0. The van der Waals surface area contributed by atoms with E-state index in [1.807, 2.05) is 55.3 Å². The van der Waals surface area contributed by atoms with E-state index in [-0.39, 0.29) is 55.6 Å². The second-order valence-electron chi connectivity index (χ2n) is 10.4. The van der Waals surface area contributed by atoms with E-state index >= 15 is 0 Å². The van der Waals surface area contributed by atoms with E-state index in [2.05, 4.69) is 41.8 Å². The molecule has 2 N–H and O–H groups in total. The molecule has 0 spiro atoms. The molecule has 0 saturated carbocycles. The minimum Gasteiger partial charge on any atom is -0.469 e. The molecule has 1 aliphatic heterocycles. The predicted molar refractivity (Wildman–Crippen MR) is 167 cm³/mol. The number of ether oxygens (including phenoxy) is 1. The Hall–Kier alpha value is -3.46. The number of rotatable bonds is 11. The summed E-state index contributed by atoms with van der Waals surface area (Å²) < 4.78 is 4.72. The molecule has 9 heteroatoms. The highest BCUT2D eigenvalue weighted by molar-refractivity contribution is 6.07. The summed E-state index contributed by atoms with van der Waals surface area (Å²) in [5, 5.41) is 8.88. The lowest BCUT2D eigenvalue weighted by atomic mass is 9.99. The van der Waals surface area contributed by atoms with Gasteiger partial charge in [0, 0.05) is 25.4 Å². The average molecular weight is 581 g/mol. The molecule has 8 nitrogen and oxygen atoms in total. The molecule has 2 amide bonds. The van der Waals surface area contributed by atoms with Gasteiger partial charge in [-0.3, -0.25) is 14.4 Å². The summed E-state index contributed by atoms with van der Waals surface area (Å²) in [5.41, 5.74) is 3.64. The number of nitrogens with one attached hydrogen (secondary N) is 2. The third-order valence-electron chi connectivity index (χ3n) is 7.70. The number of methoxy groups -OCH3 is 1. The third kappa shape index (κ3) is 7.64. The predicted octanol–water partition coefficient (Wildman–Crippen LogP) is 4.75. The Bertz CT molecular complexity index is 1360. The molecule has 41 heavy (non-hydrogen) atoms. The van der Waals surface area contributed by atoms with Crippen molar-refractivity contribution in [3.8, 4) is 0 Å². The molecule has 3 aromatic rings. The second kappa shape index (κ2) is 15.0. The first-order valence-corrected chi connectivity index (χ1v) is 14.0. The SMILES string of the molecule is CN[C@@H](C)CN[C@H]1CN(C(=O)CCCCC(=O)OC)c2ccccc2N(Cc2c(C)ccc3ccccc23)C1=O.Cl. The maximum Gasteiger partial charge on any atom is 0.305 e. The van der Waals surface area contributed by atoms with Crippen molar-refractivity contribution in [2.45, 2.75) is 58.2 Å². The number of nitrogens with zero attached hydrogens (tertiary/aromatic N) is 2. The third-order valence-corrected chi connectivity index (χ3v) is 7.70.